The van der Waals surface area contributed by atoms with Crippen molar-refractivity contribution in [3.05, 3.63) is 75.4 Å². The molecular weight excluding hydrogens is 328 g/mol. The first kappa shape index (κ1) is 15.9. The first-order valence-corrected chi connectivity index (χ1v) is 7.49. The third-order valence-electron chi connectivity index (χ3n) is 3.54. The van der Waals surface area contributed by atoms with Crippen LogP contribution in [0.3, 0.4) is 0 Å². The summed E-state index contributed by atoms with van der Waals surface area (Å²) < 4.78 is 0. The number of nitrogens with zero attached hydrogens (tertiary/aromatic N) is 4. The van der Waals surface area contributed by atoms with E-state index in [1.54, 1.807) is 31.6 Å². The summed E-state index contributed by atoms with van der Waals surface area (Å²) in [5.41, 5.74) is 2.01. The number of halogens is 1. The summed E-state index contributed by atoms with van der Waals surface area (Å²) in [7, 11) is 1.65. The molecule has 0 bridgehead atoms. The Morgan fingerprint density at radius 1 is 1.25 bits per heavy atom. The molecule has 7 heteroatoms. The summed E-state index contributed by atoms with van der Waals surface area (Å²) in [4.78, 5) is 15.0. The quantitative estimate of drug-likeness (QED) is 0.404. The lowest BCUT2D eigenvalue weighted by Gasteiger charge is -2.13. The van der Waals surface area contributed by atoms with Gasteiger partial charge in [-0.05, 0) is 24.3 Å². The van der Waals surface area contributed by atoms with Gasteiger partial charge in [0.1, 0.15) is 5.69 Å². The highest BCUT2D eigenvalue weighted by molar-refractivity contribution is 6.30. The second kappa shape index (κ2) is 6.64. The third kappa shape index (κ3) is 3.18. The van der Waals surface area contributed by atoms with Crippen LogP contribution in [0.1, 0.15) is 5.56 Å². The summed E-state index contributed by atoms with van der Waals surface area (Å²) in [6.45, 7) is 0. The Morgan fingerprint density at radius 2 is 2.04 bits per heavy atom. The van der Waals surface area contributed by atoms with E-state index < -0.39 is 4.92 Å². The summed E-state index contributed by atoms with van der Waals surface area (Å²) in [5.74, 6) is 0. The number of rotatable bonds is 4. The van der Waals surface area contributed by atoms with Crippen molar-refractivity contribution in [2.45, 2.75) is 0 Å². The van der Waals surface area contributed by atoms with E-state index in [0.29, 0.717) is 10.7 Å². The number of pyridine rings is 1. The Morgan fingerprint density at radius 3 is 2.83 bits per heavy atom. The lowest BCUT2D eigenvalue weighted by atomic mass is 10.1. The van der Waals surface area contributed by atoms with E-state index in [1.165, 1.54) is 11.1 Å². The van der Waals surface area contributed by atoms with Crippen molar-refractivity contribution < 1.29 is 4.92 Å². The van der Waals surface area contributed by atoms with E-state index in [9.17, 15) is 10.1 Å². The number of nitro groups is 1. The molecule has 1 heterocycles. The summed E-state index contributed by atoms with van der Waals surface area (Å²) in [6.07, 6.45) is 3.36. The van der Waals surface area contributed by atoms with Crippen LogP contribution in [0.2, 0.25) is 5.02 Å². The van der Waals surface area contributed by atoms with Crippen LogP contribution in [-0.2, 0) is 0 Å². The molecule has 3 rings (SSSR count). The second-order valence-corrected chi connectivity index (χ2v) is 5.51. The highest BCUT2D eigenvalue weighted by Crippen LogP contribution is 2.30. The van der Waals surface area contributed by atoms with Gasteiger partial charge < -0.3 is 0 Å². The fourth-order valence-electron chi connectivity index (χ4n) is 2.36. The molecule has 0 N–H and O–H groups in total. The van der Waals surface area contributed by atoms with Crippen LogP contribution in [0.15, 0.2) is 59.8 Å². The standard InChI is InChI=1S/C17H13ClN4O2/c1-21(16-7-6-13(18)10-17(16)22(23)24)20-11-12-8-9-19-15-5-3-2-4-14(12)15/h2-11H,1H3/b20-11+. The molecule has 24 heavy (non-hydrogen) atoms. The van der Waals surface area contributed by atoms with E-state index in [2.05, 4.69) is 10.1 Å². The van der Waals surface area contributed by atoms with Crippen LogP contribution in [0.4, 0.5) is 11.4 Å². The maximum atomic E-state index is 11.2. The fraction of sp³-hybridized carbons (Fsp3) is 0.0588. The number of aromatic nitrogens is 1. The van der Waals surface area contributed by atoms with E-state index in [4.69, 9.17) is 11.6 Å². The zero-order valence-electron chi connectivity index (χ0n) is 12.8. The molecule has 0 spiro atoms. The van der Waals surface area contributed by atoms with Gasteiger partial charge in [-0.1, -0.05) is 29.8 Å². The molecule has 0 amide bonds. The smallest absolute Gasteiger partial charge is 0.262 e. The predicted octanol–water partition coefficient (Wildman–Crippen LogP) is 4.27. The lowest BCUT2D eigenvalue weighted by molar-refractivity contribution is -0.384. The Hall–Kier alpha value is -2.99. The zero-order chi connectivity index (χ0) is 17.1. The molecule has 0 saturated heterocycles. The summed E-state index contributed by atoms with van der Waals surface area (Å²) in [5, 5.41) is 18.2. The molecule has 1 aromatic heterocycles. The van der Waals surface area contributed by atoms with Gasteiger partial charge in [0, 0.05) is 35.3 Å². The van der Waals surface area contributed by atoms with Crippen LogP contribution in [0.5, 0.6) is 0 Å². The van der Waals surface area contributed by atoms with Crippen molar-refractivity contribution in [2.24, 2.45) is 5.10 Å². The van der Waals surface area contributed by atoms with Gasteiger partial charge in [0.25, 0.3) is 5.69 Å². The fourth-order valence-corrected chi connectivity index (χ4v) is 2.52. The van der Waals surface area contributed by atoms with Gasteiger partial charge in [-0.15, -0.1) is 0 Å². The number of nitro benzene ring substituents is 1. The Kier molecular flexibility index (Phi) is 4.39. The van der Waals surface area contributed by atoms with Gasteiger partial charge in [-0.3, -0.25) is 20.1 Å². The van der Waals surface area contributed by atoms with Gasteiger partial charge in [-0.25, -0.2) is 0 Å². The van der Waals surface area contributed by atoms with E-state index in [1.807, 2.05) is 30.3 Å². The Balaban J connectivity index is 1.96. The van der Waals surface area contributed by atoms with Crippen LogP contribution in [0, 0.1) is 10.1 Å². The number of para-hydroxylation sites is 1. The molecule has 3 aromatic rings. The van der Waals surface area contributed by atoms with Crippen LogP contribution in [-0.4, -0.2) is 23.2 Å². The highest BCUT2D eigenvalue weighted by atomic mass is 35.5. The first-order chi connectivity index (χ1) is 11.6. The molecule has 0 aliphatic rings. The zero-order valence-corrected chi connectivity index (χ0v) is 13.5. The maximum Gasteiger partial charge on any atom is 0.295 e. The van der Waals surface area contributed by atoms with Gasteiger partial charge in [0.15, 0.2) is 0 Å². The van der Waals surface area contributed by atoms with Gasteiger partial charge in [-0.2, -0.15) is 5.10 Å². The van der Waals surface area contributed by atoms with Gasteiger partial charge in [0.05, 0.1) is 16.7 Å². The average molecular weight is 341 g/mol. The summed E-state index contributed by atoms with van der Waals surface area (Å²) in [6, 6.07) is 14.0. The van der Waals surface area contributed by atoms with Crippen LogP contribution in [0.25, 0.3) is 10.9 Å². The molecule has 0 aliphatic heterocycles. The Bertz CT molecular complexity index is 938. The molecule has 0 unspecified atom stereocenters. The van der Waals surface area contributed by atoms with Crippen molar-refractivity contribution in [1.29, 1.82) is 0 Å². The molecule has 0 radical (unpaired) electrons. The molecule has 120 valence electrons. The van der Waals surface area contributed by atoms with Crippen molar-refractivity contribution in [1.82, 2.24) is 4.98 Å². The average Bonchev–Trinajstić information content (AvgIpc) is 2.59. The monoisotopic (exact) mass is 340 g/mol. The minimum absolute atomic E-state index is 0.0956. The molecule has 0 saturated carbocycles. The van der Waals surface area contributed by atoms with Crippen LogP contribution >= 0.6 is 11.6 Å². The van der Waals surface area contributed by atoms with Crippen molar-refractivity contribution in [2.75, 3.05) is 12.1 Å². The number of benzene rings is 2. The Labute approximate surface area is 143 Å². The maximum absolute atomic E-state index is 11.2. The molecule has 0 fully saturated rings. The minimum atomic E-state index is -0.477. The third-order valence-corrected chi connectivity index (χ3v) is 3.77. The summed E-state index contributed by atoms with van der Waals surface area (Å²) >= 11 is 5.84. The van der Waals surface area contributed by atoms with E-state index in [0.717, 1.165) is 16.5 Å². The topological polar surface area (TPSA) is 71.6 Å². The van der Waals surface area contributed by atoms with Crippen molar-refractivity contribution >= 4 is 40.1 Å². The molecule has 0 atom stereocenters. The van der Waals surface area contributed by atoms with Crippen molar-refractivity contribution in [3.63, 3.8) is 0 Å². The lowest BCUT2D eigenvalue weighted by Crippen LogP contribution is -2.11. The van der Waals surface area contributed by atoms with Crippen molar-refractivity contribution in [3.8, 4) is 0 Å². The second-order valence-electron chi connectivity index (χ2n) is 5.08. The molecular formula is C17H13ClN4O2. The van der Waals surface area contributed by atoms with Gasteiger partial charge >= 0.3 is 0 Å². The number of hydrazone groups is 1. The predicted molar refractivity (Wildman–Crippen MR) is 95.8 cm³/mol. The van der Waals surface area contributed by atoms with Crippen LogP contribution < -0.4 is 5.01 Å². The number of fused-ring (bicyclic) bond motifs is 1. The normalized spacial score (nSPS) is 11.1. The number of hydrogen-bond acceptors (Lipinski definition) is 5. The molecule has 2 aromatic carbocycles. The van der Waals surface area contributed by atoms with Gasteiger partial charge in [0.2, 0.25) is 0 Å². The first-order valence-electron chi connectivity index (χ1n) is 7.11. The van der Waals surface area contributed by atoms with E-state index in [-0.39, 0.29) is 5.69 Å². The SMILES string of the molecule is CN(/N=C/c1ccnc2ccccc12)c1ccc(Cl)cc1[N+](=O)[O-]. The number of anilines is 1. The van der Waals surface area contributed by atoms with E-state index >= 15 is 0 Å². The largest absolute Gasteiger partial charge is 0.295 e. The molecule has 0 aliphatic carbocycles. The highest BCUT2D eigenvalue weighted by Gasteiger charge is 2.17. The molecule has 6 nitrogen and oxygen atoms in total. The number of hydrogen-bond donors (Lipinski definition) is 0. The minimum Gasteiger partial charge on any atom is -0.262 e.